The number of alkyl halides is 3. The zero-order valence-electron chi connectivity index (χ0n) is 27.1. The van der Waals surface area contributed by atoms with Gasteiger partial charge in [-0.3, -0.25) is 0 Å². The van der Waals surface area contributed by atoms with Crippen molar-refractivity contribution >= 4 is 31.5 Å². The molecule has 6 aromatic rings. The van der Waals surface area contributed by atoms with Crippen molar-refractivity contribution in [3.63, 3.8) is 0 Å². The van der Waals surface area contributed by atoms with Gasteiger partial charge >= 0.3 is 6.18 Å². The number of thiophene rings is 1. The quantitative estimate of drug-likeness (QED) is 0.167. The molecule has 2 nitrogen and oxygen atoms in total. The van der Waals surface area contributed by atoms with Gasteiger partial charge in [0, 0.05) is 51.7 Å². The summed E-state index contributed by atoms with van der Waals surface area (Å²) in [6, 6.07) is 25.2. The average molecular weight is 776 g/mol. The van der Waals surface area contributed by atoms with E-state index in [0.29, 0.717) is 5.92 Å². The van der Waals surface area contributed by atoms with E-state index in [1.165, 1.54) is 43.4 Å². The molecule has 0 fully saturated rings. The fraction of sp³-hybridized carbons (Fsp3) is 0.222. The van der Waals surface area contributed by atoms with E-state index in [9.17, 15) is 13.2 Å². The minimum Gasteiger partial charge on any atom is -0.304 e. The molecule has 0 saturated carbocycles. The number of nitrogens with zero attached hydrogens (tertiary/aromatic N) is 2. The minimum absolute atomic E-state index is 0. The fourth-order valence-electron chi connectivity index (χ4n) is 4.90. The van der Waals surface area contributed by atoms with Gasteiger partial charge in [-0.25, -0.2) is 0 Å². The Labute approximate surface area is 272 Å². The first-order chi connectivity index (χ1) is 21.2. The van der Waals surface area contributed by atoms with Crippen molar-refractivity contribution in [3.8, 4) is 22.5 Å². The molecule has 3 aromatic heterocycles. The van der Waals surface area contributed by atoms with E-state index in [1.54, 1.807) is 0 Å². The first-order valence-corrected chi connectivity index (χ1v) is 14.4. The monoisotopic (exact) mass is 776 g/mol. The SMILES string of the molecule is Cc1[c-]c(-c2nccc3c2sc2cc(CC(C)C)ccc23)cc(C)c1.[2H]C([2H])([2H])c1ccc(-c2[c-]ccc(C(F)(F)F)c2)nc1.[Ir]. The number of rotatable bonds is 4. The van der Waals surface area contributed by atoms with Crippen molar-refractivity contribution in [1.82, 2.24) is 9.97 Å². The molecule has 0 spiro atoms. The van der Waals surface area contributed by atoms with E-state index in [2.05, 4.69) is 81.2 Å². The molecule has 0 saturated heterocycles. The summed E-state index contributed by atoms with van der Waals surface area (Å²) in [7, 11) is 0. The fourth-order valence-corrected chi connectivity index (χ4v) is 6.17. The molecule has 0 unspecified atom stereocenters. The minimum atomic E-state index is -4.44. The van der Waals surface area contributed by atoms with Gasteiger partial charge in [-0.15, -0.1) is 76.1 Å². The van der Waals surface area contributed by atoms with Gasteiger partial charge in [0.15, 0.2) is 0 Å². The van der Waals surface area contributed by atoms with E-state index >= 15 is 0 Å². The van der Waals surface area contributed by atoms with Gasteiger partial charge in [0.05, 0.1) is 0 Å². The van der Waals surface area contributed by atoms with Gasteiger partial charge < -0.3 is 9.97 Å². The zero-order valence-corrected chi connectivity index (χ0v) is 27.3. The van der Waals surface area contributed by atoms with E-state index in [0.717, 1.165) is 47.6 Å². The van der Waals surface area contributed by atoms with Crippen LogP contribution >= 0.6 is 11.3 Å². The number of hydrogen-bond acceptors (Lipinski definition) is 3. The van der Waals surface area contributed by atoms with Gasteiger partial charge in [0.2, 0.25) is 0 Å². The second kappa shape index (κ2) is 13.5. The Morgan fingerprint density at radius 1 is 0.907 bits per heavy atom. The number of aromatic nitrogens is 2. The largest absolute Gasteiger partial charge is 0.399 e. The zero-order chi connectivity index (χ0) is 32.5. The Kier molecular flexibility index (Phi) is 8.92. The molecule has 3 heterocycles. The van der Waals surface area contributed by atoms with Crippen LogP contribution < -0.4 is 0 Å². The van der Waals surface area contributed by atoms with Crippen LogP contribution in [0.3, 0.4) is 0 Å². The first-order valence-electron chi connectivity index (χ1n) is 15.1. The second-order valence-electron chi connectivity index (χ2n) is 10.7. The van der Waals surface area contributed by atoms with E-state index in [-0.39, 0.29) is 36.9 Å². The van der Waals surface area contributed by atoms with Crippen LogP contribution in [0, 0.1) is 38.8 Å². The topological polar surface area (TPSA) is 25.8 Å². The molecule has 0 aliphatic carbocycles. The normalized spacial score (nSPS) is 12.7. The number of halogens is 3. The third-order valence-corrected chi connectivity index (χ3v) is 7.84. The number of hydrogen-bond donors (Lipinski definition) is 0. The molecule has 0 atom stereocenters. The summed E-state index contributed by atoms with van der Waals surface area (Å²) in [6.45, 7) is 6.48. The van der Waals surface area contributed by atoms with Gasteiger partial charge in [0.1, 0.15) is 0 Å². The van der Waals surface area contributed by atoms with E-state index < -0.39 is 18.6 Å². The molecule has 223 valence electrons. The van der Waals surface area contributed by atoms with Crippen molar-refractivity contribution in [3.05, 3.63) is 119 Å². The van der Waals surface area contributed by atoms with Crippen LogP contribution in [0.5, 0.6) is 0 Å². The van der Waals surface area contributed by atoms with Crippen molar-refractivity contribution in [1.29, 1.82) is 0 Å². The summed E-state index contributed by atoms with van der Waals surface area (Å²) in [4.78, 5) is 8.58. The van der Waals surface area contributed by atoms with Crippen LogP contribution in [0.4, 0.5) is 13.2 Å². The molecule has 3 aromatic carbocycles. The third-order valence-electron chi connectivity index (χ3n) is 6.67. The molecule has 0 amide bonds. The maximum atomic E-state index is 12.6. The first kappa shape index (κ1) is 28.4. The Morgan fingerprint density at radius 3 is 2.40 bits per heavy atom. The van der Waals surface area contributed by atoms with Crippen molar-refractivity contribution < 1.29 is 37.4 Å². The summed E-state index contributed by atoms with van der Waals surface area (Å²) in [5.41, 5.74) is 5.62. The van der Waals surface area contributed by atoms with Crippen molar-refractivity contribution in [2.45, 2.75) is 47.1 Å². The Balaban J connectivity index is 0.000000210. The Bertz CT molecular complexity index is 1950. The number of benzene rings is 3. The number of aryl methyl sites for hydroxylation is 3. The Morgan fingerprint density at radius 2 is 1.72 bits per heavy atom. The molecule has 0 bridgehead atoms. The van der Waals surface area contributed by atoms with Crippen molar-refractivity contribution in [2.75, 3.05) is 0 Å². The number of pyridine rings is 2. The van der Waals surface area contributed by atoms with Crippen LogP contribution in [-0.4, -0.2) is 9.97 Å². The van der Waals surface area contributed by atoms with Crippen LogP contribution in [0.15, 0.2) is 79.1 Å². The Hall–Kier alpha value is -3.38. The van der Waals surface area contributed by atoms with Gasteiger partial charge in [0.25, 0.3) is 0 Å². The molecular weight excluding hydrogens is 742 g/mol. The summed E-state index contributed by atoms with van der Waals surface area (Å²) in [5.74, 6) is 0.675. The van der Waals surface area contributed by atoms with Crippen molar-refractivity contribution in [2.24, 2.45) is 5.92 Å². The van der Waals surface area contributed by atoms with Crippen LogP contribution in [0.25, 0.3) is 42.7 Å². The summed E-state index contributed by atoms with van der Waals surface area (Å²) < 4.78 is 62.0. The molecule has 43 heavy (non-hydrogen) atoms. The molecule has 7 heteroatoms. The summed E-state index contributed by atoms with van der Waals surface area (Å²) in [6.07, 6.45) is -0.254. The molecule has 0 aliphatic heterocycles. The van der Waals surface area contributed by atoms with Crippen LogP contribution in [-0.2, 0) is 32.7 Å². The van der Waals surface area contributed by atoms with Crippen LogP contribution in [0.1, 0.15) is 45.8 Å². The summed E-state index contributed by atoms with van der Waals surface area (Å²) >= 11 is 1.85. The third kappa shape index (κ3) is 7.77. The molecule has 1 radical (unpaired) electrons. The maximum absolute atomic E-state index is 12.6. The standard InChI is InChI=1S/C23H22NS.C13H9F3N.Ir/c1-14(2)9-17-5-6-19-20-7-8-24-22(23(20)25-21(19)13-17)18-11-15(3)10-16(4)12-18;1-9-5-6-12(17-8-9)10-3-2-4-11(7-10)13(14,15)16;/h5-8,10-11,13-14H,9H2,1-4H3;2,4-8H,1H3;/q2*-1;/i;1D3;. The average Bonchev–Trinajstić information content (AvgIpc) is 3.34. The van der Waals surface area contributed by atoms with E-state index in [1.807, 2.05) is 17.5 Å². The molecule has 6 rings (SSSR count). The number of fused-ring (bicyclic) bond motifs is 3. The van der Waals surface area contributed by atoms with Gasteiger partial charge in [-0.1, -0.05) is 52.0 Å². The van der Waals surface area contributed by atoms with Gasteiger partial charge in [-0.2, -0.15) is 13.2 Å². The smallest absolute Gasteiger partial charge is 0.304 e. The van der Waals surface area contributed by atoms with Crippen LogP contribution in [0.2, 0.25) is 0 Å². The molecule has 0 N–H and O–H groups in total. The predicted octanol–water partition coefficient (Wildman–Crippen LogP) is 10.6. The molecular formula is C36H31F3IrN2S-2. The van der Waals surface area contributed by atoms with E-state index in [4.69, 9.17) is 9.10 Å². The predicted molar refractivity (Wildman–Crippen MR) is 168 cm³/mol. The molecule has 0 aliphatic rings. The summed E-state index contributed by atoms with van der Waals surface area (Å²) in [5, 5.41) is 2.63. The second-order valence-corrected chi connectivity index (χ2v) is 11.8. The van der Waals surface area contributed by atoms with Gasteiger partial charge in [-0.05, 0) is 64.5 Å². The maximum Gasteiger partial charge on any atom is 0.399 e.